The third-order valence-electron chi connectivity index (χ3n) is 3.67. The van der Waals surface area contributed by atoms with E-state index in [-0.39, 0.29) is 23.9 Å². The van der Waals surface area contributed by atoms with Gasteiger partial charge in [0.15, 0.2) is 5.78 Å². The summed E-state index contributed by atoms with van der Waals surface area (Å²) in [6.07, 6.45) is 0.241. The van der Waals surface area contributed by atoms with Crippen LogP contribution in [0.3, 0.4) is 0 Å². The van der Waals surface area contributed by atoms with Crippen molar-refractivity contribution in [1.29, 1.82) is 0 Å². The molecule has 0 saturated carbocycles. The third-order valence-corrected chi connectivity index (χ3v) is 3.67. The standard InChI is InChI=1S/C17H14FNO2/c18-14-7-5-12(6-8-14)16(20)9-10-19-11-13-3-1-2-4-15(13)17(19)21/h1-8H,9-11H2. The molecule has 1 heterocycles. The molecule has 0 unspecified atom stereocenters. The maximum absolute atomic E-state index is 12.8. The van der Waals surface area contributed by atoms with E-state index < -0.39 is 0 Å². The van der Waals surface area contributed by atoms with Crippen molar-refractivity contribution in [2.75, 3.05) is 6.54 Å². The van der Waals surface area contributed by atoms with Crippen LogP contribution in [0.2, 0.25) is 0 Å². The Kier molecular flexibility index (Phi) is 3.52. The maximum Gasteiger partial charge on any atom is 0.254 e. The van der Waals surface area contributed by atoms with Crippen molar-refractivity contribution in [3.05, 3.63) is 71.0 Å². The first-order valence-electron chi connectivity index (χ1n) is 6.81. The van der Waals surface area contributed by atoms with Gasteiger partial charge in [-0.15, -0.1) is 0 Å². The summed E-state index contributed by atoms with van der Waals surface area (Å²) < 4.78 is 12.8. The lowest BCUT2D eigenvalue weighted by atomic mass is 10.1. The van der Waals surface area contributed by atoms with Gasteiger partial charge >= 0.3 is 0 Å². The lowest BCUT2D eigenvalue weighted by Crippen LogP contribution is -2.26. The number of ketones is 1. The van der Waals surface area contributed by atoms with Crippen molar-refractivity contribution in [1.82, 2.24) is 4.90 Å². The minimum atomic E-state index is -0.364. The van der Waals surface area contributed by atoms with Gasteiger partial charge in [-0.3, -0.25) is 9.59 Å². The fraction of sp³-hybridized carbons (Fsp3) is 0.176. The van der Waals surface area contributed by atoms with E-state index in [9.17, 15) is 14.0 Å². The Morgan fingerprint density at radius 2 is 1.81 bits per heavy atom. The average molecular weight is 283 g/mol. The zero-order chi connectivity index (χ0) is 14.8. The predicted octanol–water partition coefficient (Wildman–Crippen LogP) is 3.05. The zero-order valence-corrected chi connectivity index (χ0v) is 11.4. The van der Waals surface area contributed by atoms with Crippen LogP contribution >= 0.6 is 0 Å². The van der Waals surface area contributed by atoms with Gasteiger partial charge in [-0.1, -0.05) is 18.2 Å². The SMILES string of the molecule is O=C(CCN1Cc2ccccc2C1=O)c1ccc(F)cc1. The lowest BCUT2D eigenvalue weighted by molar-refractivity contribution is 0.0766. The number of carbonyl (C=O) groups is 2. The molecule has 106 valence electrons. The van der Waals surface area contributed by atoms with Crippen LogP contribution in [0.5, 0.6) is 0 Å². The monoisotopic (exact) mass is 283 g/mol. The highest BCUT2D eigenvalue weighted by Gasteiger charge is 2.26. The molecule has 0 saturated heterocycles. The number of hydrogen-bond donors (Lipinski definition) is 0. The fourth-order valence-corrected chi connectivity index (χ4v) is 2.51. The summed E-state index contributed by atoms with van der Waals surface area (Å²) in [5.74, 6) is -0.479. The normalized spacial score (nSPS) is 13.4. The first-order valence-corrected chi connectivity index (χ1v) is 6.81. The first-order chi connectivity index (χ1) is 10.1. The highest BCUT2D eigenvalue weighted by molar-refractivity contribution is 5.99. The molecule has 1 aliphatic rings. The molecule has 0 spiro atoms. The van der Waals surface area contributed by atoms with Crippen LogP contribution in [-0.4, -0.2) is 23.1 Å². The Labute approximate surface area is 122 Å². The van der Waals surface area contributed by atoms with Gasteiger partial charge in [-0.2, -0.15) is 0 Å². The summed E-state index contributed by atoms with van der Waals surface area (Å²) in [7, 11) is 0. The minimum Gasteiger partial charge on any atom is -0.334 e. The number of benzene rings is 2. The summed E-state index contributed by atoms with van der Waals surface area (Å²) in [6.45, 7) is 0.926. The zero-order valence-electron chi connectivity index (χ0n) is 11.4. The van der Waals surface area contributed by atoms with Crippen LogP contribution in [0.25, 0.3) is 0 Å². The van der Waals surface area contributed by atoms with Gasteiger partial charge in [-0.25, -0.2) is 4.39 Å². The van der Waals surface area contributed by atoms with Crippen LogP contribution in [0, 0.1) is 5.82 Å². The largest absolute Gasteiger partial charge is 0.334 e. The van der Waals surface area contributed by atoms with Crippen LogP contribution in [0.1, 0.15) is 32.7 Å². The number of amides is 1. The number of halogens is 1. The molecule has 2 aromatic rings. The maximum atomic E-state index is 12.8. The number of nitrogens with zero attached hydrogens (tertiary/aromatic N) is 1. The number of rotatable bonds is 4. The van der Waals surface area contributed by atoms with E-state index >= 15 is 0 Å². The summed E-state index contributed by atoms with van der Waals surface area (Å²) in [5.41, 5.74) is 2.18. The molecule has 3 rings (SSSR count). The van der Waals surface area contributed by atoms with Gasteiger partial charge in [0, 0.05) is 30.6 Å². The molecule has 0 aliphatic carbocycles. The summed E-state index contributed by atoms with van der Waals surface area (Å²) in [4.78, 5) is 25.9. The second-order valence-corrected chi connectivity index (χ2v) is 5.06. The van der Waals surface area contributed by atoms with Crippen LogP contribution in [-0.2, 0) is 6.54 Å². The number of fused-ring (bicyclic) bond motifs is 1. The van der Waals surface area contributed by atoms with Gasteiger partial charge in [-0.05, 0) is 35.9 Å². The molecule has 0 fully saturated rings. The third kappa shape index (κ3) is 2.70. The highest BCUT2D eigenvalue weighted by Crippen LogP contribution is 2.22. The van der Waals surface area contributed by atoms with E-state index in [1.165, 1.54) is 24.3 Å². The second-order valence-electron chi connectivity index (χ2n) is 5.06. The molecule has 0 N–H and O–H groups in total. The van der Waals surface area contributed by atoms with E-state index in [1.807, 2.05) is 18.2 Å². The Morgan fingerprint density at radius 1 is 1.10 bits per heavy atom. The highest BCUT2D eigenvalue weighted by atomic mass is 19.1. The molecule has 0 bridgehead atoms. The molecule has 1 aliphatic heterocycles. The molecular weight excluding hydrogens is 269 g/mol. The molecule has 1 amide bonds. The Hall–Kier alpha value is -2.49. The van der Waals surface area contributed by atoms with E-state index in [1.54, 1.807) is 11.0 Å². The molecule has 4 heteroatoms. The smallest absolute Gasteiger partial charge is 0.254 e. The Morgan fingerprint density at radius 3 is 2.52 bits per heavy atom. The van der Waals surface area contributed by atoms with Crippen molar-refractivity contribution in [2.24, 2.45) is 0 Å². The fourth-order valence-electron chi connectivity index (χ4n) is 2.51. The van der Waals surface area contributed by atoms with Crippen molar-refractivity contribution < 1.29 is 14.0 Å². The van der Waals surface area contributed by atoms with E-state index in [0.717, 1.165) is 5.56 Å². The number of carbonyl (C=O) groups excluding carboxylic acids is 2. The van der Waals surface area contributed by atoms with Gasteiger partial charge in [0.25, 0.3) is 5.91 Å². The van der Waals surface area contributed by atoms with Crippen LogP contribution in [0.15, 0.2) is 48.5 Å². The summed E-state index contributed by atoms with van der Waals surface area (Å²) in [5, 5.41) is 0. The van der Waals surface area contributed by atoms with Gasteiger partial charge in [0.1, 0.15) is 5.82 Å². The molecule has 21 heavy (non-hydrogen) atoms. The van der Waals surface area contributed by atoms with Crippen LogP contribution in [0.4, 0.5) is 4.39 Å². The minimum absolute atomic E-state index is 0.0301. The van der Waals surface area contributed by atoms with Crippen molar-refractivity contribution in [2.45, 2.75) is 13.0 Å². The molecule has 3 nitrogen and oxygen atoms in total. The lowest BCUT2D eigenvalue weighted by Gasteiger charge is -2.14. The Balaban J connectivity index is 1.63. The second kappa shape index (κ2) is 5.48. The Bertz CT molecular complexity index is 694. The van der Waals surface area contributed by atoms with Gasteiger partial charge in [0.05, 0.1) is 0 Å². The first kappa shape index (κ1) is 13.5. The van der Waals surface area contributed by atoms with E-state index in [0.29, 0.717) is 24.2 Å². The molecular formula is C17H14FNO2. The van der Waals surface area contributed by atoms with Crippen LogP contribution < -0.4 is 0 Å². The molecule has 0 radical (unpaired) electrons. The quantitative estimate of drug-likeness (QED) is 0.809. The van der Waals surface area contributed by atoms with E-state index in [4.69, 9.17) is 0 Å². The molecule has 2 aromatic carbocycles. The van der Waals surface area contributed by atoms with Crippen molar-refractivity contribution in [3.8, 4) is 0 Å². The van der Waals surface area contributed by atoms with Gasteiger partial charge < -0.3 is 4.90 Å². The topological polar surface area (TPSA) is 37.4 Å². The van der Waals surface area contributed by atoms with E-state index in [2.05, 4.69) is 0 Å². The predicted molar refractivity (Wildman–Crippen MR) is 76.5 cm³/mol. The molecule has 0 aromatic heterocycles. The summed E-state index contributed by atoms with van der Waals surface area (Å²) in [6, 6.07) is 12.9. The number of hydrogen-bond acceptors (Lipinski definition) is 2. The summed E-state index contributed by atoms with van der Waals surface area (Å²) >= 11 is 0. The number of Topliss-reactive ketones (excluding diaryl/α,β-unsaturated/α-hetero) is 1. The van der Waals surface area contributed by atoms with Crippen molar-refractivity contribution >= 4 is 11.7 Å². The molecule has 0 atom stereocenters. The average Bonchev–Trinajstić information content (AvgIpc) is 2.82. The van der Waals surface area contributed by atoms with Gasteiger partial charge in [0.2, 0.25) is 0 Å². The van der Waals surface area contributed by atoms with Crippen molar-refractivity contribution in [3.63, 3.8) is 0 Å².